The maximum absolute atomic E-state index is 13.1. The summed E-state index contributed by atoms with van der Waals surface area (Å²) in [6.07, 6.45) is -0.0607. The van der Waals surface area contributed by atoms with E-state index in [2.05, 4.69) is 15.3 Å². The lowest BCUT2D eigenvalue weighted by Crippen LogP contribution is -2.30. The fraction of sp³-hybridized carbons (Fsp3) is 0.444. The van der Waals surface area contributed by atoms with Gasteiger partial charge in [-0.25, -0.2) is 4.98 Å². The largest absolute Gasteiger partial charge is 0.391 e. The molecule has 1 amide bonds. The van der Waals surface area contributed by atoms with Crippen molar-refractivity contribution in [3.05, 3.63) is 40.5 Å². The lowest BCUT2D eigenvalue weighted by Gasteiger charge is -2.16. The average Bonchev–Trinajstić information content (AvgIpc) is 3.27. The van der Waals surface area contributed by atoms with Crippen molar-refractivity contribution in [1.82, 2.24) is 20.2 Å². The van der Waals surface area contributed by atoms with Gasteiger partial charge in [-0.3, -0.25) is 4.79 Å². The summed E-state index contributed by atoms with van der Waals surface area (Å²) >= 11 is 0. The van der Waals surface area contributed by atoms with Crippen LogP contribution in [-0.2, 0) is 6.42 Å². The first-order valence-electron chi connectivity index (χ1n) is 8.55. The fourth-order valence-electron chi connectivity index (χ4n) is 3.55. The summed E-state index contributed by atoms with van der Waals surface area (Å²) in [6.45, 7) is 6.18. The van der Waals surface area contributed by atoms with Crippen molar-refractivity contribution >= 4 is 17.0 Å². The molecule has 3 aromatic heterocycles. The number of pyridine rings is 1. The van der Waals surface area contributed by atoms with Crippen LogP contribution in [0.1, 0.15) is 33.2 Å². The number of fused-ring (bicyclic) bond motifs is 1. The molecule has 8 heteroatoms. The molecule has 2 atom stereocenters. The van der Waals surface area contributed by atoms with Crippen LogP contribution in [0.5, 0.6) is 0 Å². The van der Waals surface area contributed by atoms with E-state index in [9.17, 15) is 9.90 Å². The molecule has 3 aromatic rings. The molecule has 0 bridgehead atoms. The summed E-state index contributed by atoms with van der Waals surface area (Å²) in [5.41, 5.74) is 2.99. The van der Waals surface area contributed by atoms with Gasteiger partial charge in [0.2, 0.25) is 0 Å². The maximum atomic E-state index is 13.1. The Morgan fingerprint density at radius 3 is 2.73 bits per heavy atom. The highest BCUT2D eigenvalue weighted by molar-refractivity contribution is 6.06. The molecule has 26 heavy (non-hydrogen) atoms. The summed E-state index contributed by atoms with van der Waals surface area (Å²) in [6, 6.07) is 3.60. The molecule has 0 radical (unpaired) electrons. The number of amides is 1. The molecule has 0 saturated carbocycles. The van der Waals surface area contributed by atoms with E-state index >= 15 is 0 Å². The Hall–Kier alpha value is -2.74. The van der Waals surface area contributed by atoms with E-state index in [1.54, 1.807) is 17.9 Å². The minimum Gasteiger partial charge on any atom is -0.391 e. The van der Waals surface area contributed by atoms with Crippen molar-refractivity contribution in [3.8, 4) is 0 Å². The van der Waals surface area contributed by atoms with Crippen LogP contribution in [0.15, 0.2) is 21.2 Å². The summed E-state index contributed by atoms with van der Waals surface area (Å²) in [5.74, 6) is 0.480. The molecular weight excluding hydrogens is 336 g/mol. The number of carbonyl (C=O) groups excluding carboxylic acids is 1. The molecule has 1 aliphatic heterocycles. The molecular formula is C18H20N4O4. The molecule has 0 aliphatic carbocycles. The van der Waals surface area contributed by atoms with Crippen molar-refractivity contribution in [2.24, 2.45) is 5.92 Å². The van der Waals surface area contributed by atoms with Gasteiger partial charge in [-0.05, 0) is 26.8 Å². The number of nitrogens with zero attached hydrogens (tertiary/aromatic N) is 4. The quantitative estimate of drug-likeness (QED) is 0.763. The molecule has 1 saturated heterocycles. The zero-order valence-corrected chi connectivity index (χ0v) is 14.9. The number of rotatable bonds is 3. The highest BCUT2D eigenvalue weighted by atomic mass is 16.5. The van der Waals surface area contributed by atoms with Crippen LogP contribution in [0.4, 0.5) is 0 Å². The Kier molecular flexibility index (Phi) is 3.99. The van der Waals surface area contributed by atoms with Gasteiger partial charge in [-0.2, -0.15) is 0 Å². The third kappa shape index (κ3) is 2.86. The van der Waals surface area contributed by atoms with E-state index < -0.39 is 6.10 Å². The molecule has 0 unspecified atom stereocenters. The van der Waals surface area contributed by atoms with E-state index in [4.69, 9.17) is 9.05 Å². The summed E-state index contributed by atoms with van der Waals surface area (Å²) in [7, 11) is 0. The van der Waals surface area contributed by atoms with Crippen LogP contribution in [0.2, 0.25) is 0 Å². The number of likely N-dealkylation sites (tertiary alicyclic amines) is 1. The van der Waals surface area contributed by atoms with Gasteiger partial charge in [0, 0.05) is 37.2 Å². The first-order valence-corrected chi connectivity index (χ1v) is 8.55. The highest BCUT2D eigenvalue weighted by Gasteiger charge is 2.36. The van der Waals surface area contributed by atoms with E-state index in [0.29, 0.717) is 41.0 Å². The normalized spacial score (nSPS) is 20.2. The lowest BCUT2D eigenvalue weighted by atomic mass is 10.0. The SMILES string of the molecule is Cc1cc(C[C@@H]2CN(C(=O)c3cc(C)nc4onc(C)c34)C[C@H]2O)on1. The number of aliphatic hydroxyl groups is 1. The van der Waals surface area contributed by atoms with Crippen LogP contribution in [0.3, 0.4) is 0 Å². The lowest BCUT2D eigenvalue weighted by molar-refractivity contribution is 0.0766. The number of aliphatic hydroxyl groups excluding tert-OH is 1. The van der Waals surface area contributed by atoms with Crippen LogP contribution in [-0.4, -0.2) is 50.4 Å². The highest BCUT2D eigenvalue weighted by Crippen LogP contribution is 2.27. The van der Waals surface area contributed by atoms with Crippen molar-refractivity contribution in [1.29, 1.82) is 0 Å². The first-order chi connectivity index (χ1) is 12.4. The molecule has 1 fully saturated rings. The smallest absolute Gasteiger partial charge is 0.258 e. The standard InChI is InChI=1S/C18H20N4O4/c1-9-5-14(16-11(3)21-26-17(16)19-9)18(24)22-7-12(15(23)8-22)6-13-4-10(2)20-25-13/h4-5,12,15,23H,6-8H2,1-3H3/t12-,15-/m1/s1. The van der Waals surface area contributed by atoms with Gasteiger partial charge in [0.15, 0.2) is 0 Å². The van der Waals surface area contributed by atoms with Crippen molar-refractivity contribution in [2.45, 2.75) is 33.3 Å². The molecule has 1 N–H and O–H groups in total. The first kappa shape index (κ1) is 16.7. The van der Waals surface area contributed by atoms with E-state index in [0.717, 1.165) is 11.5 Å². The van der Waals surface area contributed by atoms with Gasteiger partial charge < -0.3 is 19.1 Å². The Bertz CT molecular complexity index is 977. The summed E-state index contributed by atoms with van der Waals surface area (Å²) in [5, 5.41) is 18.8. The second-order valence-corrected chi connectivity index (χ2v) is 6.94. The summed E-state index contributed by atoms with van der Waals surface area (Å²) < 4.78 is 10.4. The minimum absolute atomic E-state index is 0.0895. The predicted molar refractivity (Wildman–Crippen MR) is 91.6 cm³/mol. The average molecular weight is 356 g/mol. The number of hydrogen-bond donors (Lipinski definition) is 1. The van der Waals surface area contributed by atoms with Crippen LogP contribution < -0.4 is 0 Å². The zero-order chi connectivity index (χ0) is 18.4. The molecule has 4 rings (SSSR count). The third-order valence-electron chi connectivity index (χ3n) is 4.81. The van der Waals surface area contributed by atoms with E-state index in [-0.39, 0.29) is 18.4 Å². The second-order valence-electron chi connectivity index (χ2n) is 6.94. The Morgan fingerprint density at radius 1 is 1.19 bits per heavy atom. The number of hydrogen-bond acceptors (Lipinski definition) is 7. The van der Waals surface area contributed by atoms with Crippen LogP contribution in [0.25, 0.3) is 11.1 Å². The fourth-order valence-corrected chi connectivity index (χ4v) is 3.55. The van der Waals surface area contributed by atoms with Crippen molar-refractivity contribution < 1.29 is 18.9 Å². The van der Waals surface area contributed by atoms with Gasteiger partial charge in [0.1, 0.15) is 5.76 Å². The second kappa shape index (κ2) is 6.21. The van der Waals surface area contributed by atoms with Gasteiger partial charge in [-0.15, -0.1) is 0 Å². The monoisotopic (exact) mass is 356 g/mol. The number of aryl methyl sites for hydroxylation is 3. The Balaban J connectivity index is 1.59. The van der Waals surface area contributed by atoms with Crippen molar-refractivity contribution in [3.63, 3.8) is 0 Å². The Morgan fingerprint density at radius 2 is 2.00 bits per heavy atom. The molecule has 0 aromatic carbocycles. The van der Waals surface area contributed by atoms with Gasteiger partial charge in [0.25, 0.3) is 11.6 Å². The molecule has 0 spiro atoms. The van der Waals surface area contributed by atoms with Crippen LogP contribution >= 0.6 is 0 Å². The number of β-amino-alcohol motifs (C(OH)–C–C–N with tert-alkyl or cyclic N) is 1. The molecule has 4 heterocycles. The topological polar surface area (TPSA) is 105 Å². The predicted octanol–water partition coefficient (Wildman–Crippen LogP) is 1.81. The molecule has 136 valence electrons. The van der Waals surface area contributed by atoms with Gasteiger partial charge in [0.05, 0.1) is 28.4 Å². The van der Waals surface area contributed by atoms with E-state index in [1.807, 2.05) is 19.9 Å². The number of carbonyl (C=O) groups is 1. The maximum Gasteiger partial charge on any atom is 0.258 e. The van der Waals surface area contributed by atoms with Crippen LogP contribution in [0, 0.1) is 26.7 Å². The van der Waals surface area contributed by atoms with Gasteiger partial charge >= 0.3 is 0 Å². The van der Waals surface area contributed by atoms with E-state index in [1.165, 1.54) is 0 Å². The van der Waals surface area contributed by atoms with Crippen molar-refractivity contribution in [2.75, 3.05) is 13.1 Å². The molecule has 1 aliphatic rings. The molecule has 8 nitrogen and oxygen atoms in total. The third-order valence-corrected chi connectivity index (χ3v) is 4.81. The summed E-state index contributed by atoms with van der Waals surface area (Å²) in [4.78, 5) is 19.0. The minimum atomic E-state index is -0.605. The zero-order valence-electron chi connectivity index (χ0n) is 14.9. The number of aromatic nitrogens is 3. The Labute approximate surface area is 149 Å². The van der Waals surface area contributed by atoms with Gasteiger partial charge in [-0.1, -0.05) is 10.3 Å².